The number of carbonyl (C=O) groups excluding carboxylic acids is 1. The van der Waals surface area contributed by atoms with E-state index in [2.05, 4.69) is 28.1 Å². The minimum Gasteiger partial charge on any atom is -0.457 e. The zero-order valence-electron chi connectivity index (χ0n) is 14.8. The van der Waals surface area contributed by atoms with Crippen molar-refractivity contribution in [3.63, 3.8) is 0 Å². The number of benzene rings is 3. The van der Waals surface area contributed by atoms with Crippen LogP contribution >= 0.6 is 0 Å². The highest BCUT2D eigenvalue weighted by Crippen LogP contribution is 2.21. The van der Waals surface area contributed by atoms with Crippen LogP contribution in [0.4, 0.5) is 0 Å². The summed E-state index contributed by atoms with van der Waals surface area (Å²) in [6, 6.07) is 27.1. The number of amides is 1. The summed E-state index contributed by atoms with van der Waals surface area (Å²) in [4.78, 5) is 12.5. The maximum absolute atomic E-state index is 12.5. The van der Waals surface area contributed by atoms with E-state index in [1.807, 2.05) is 60.8 Å². The number of nitrogens with zero attached hydrogens (tertiary/aromatic N) is 1. The number of ether oxygens (including phenoxy) is 1. The Morgan fingerprint density at radius 2 is 1.63 bits per heavy atom. The number of hydrogen-bond acceptors (Lipinski definition) is 2. The third kappa shape index (κ3) is 4.01. The summed E-state index contributed by atoms with van der Waals surface area (Å²) in [7, 11) is 0. The Hall–Kier alpha value is -3.53. The molecule has 0 radical (unpaired) electrons. The van der Waals surface area contributed by atoms with Crippen molar-refractivity contribution >= 4 is 16.8 Å². The van der Waals surface area contributed by atoms with Crippen LogP contribution < -0.4 is 10.1 Å². The van der Waals surface area contributed by atoms with Gasteiger partial charge in [0.2, 0.25) is 0 Å². The maximum Gasteiger partial charge on any atom is 0.251 e. The van der Waals surface area contributed by atoms with Gasteiger partial charge in [-0.1, -0.05) is 42.5 Å². The van der Waals surface area contributed by atoms with Crippen LogP contribution in [-0.2, 0) is 6.54 Å². The molecule has 1 amide bonds. The number of fused-ring (bicyclic) bond motifs is 1. The molecule has 0 unspecified atom stereocenters. The van der Waals surface area contributed by atoms with Crippen molar-refractivity contribution in [1.29, 1.82) is 0 Å². The fraction of sp³-hybridized carbons (Fsp3) is 0.0870. The molecule has 0 saturated carbocycles. The van der Waals surface area contributed by atoms with Gasteiger partial charge in [-0.25, -0.2) is 0 Å². The van der Waals surface area contributed by atoms with E-state index in [0.717, 1.165) is 12.3 Å². The van der Waals surface area contributed by atoms with Crippen molar-refractivity contribution < 1.29 is 9.53 Å². The first kappa shape index (κ1) is 16.9. The number of aromatic nitrogens is 1. The summed E-state index contributed by atoms with van der Waals surface area (Å²) in [5, 5.41) is 4.18. The highest BCUT2D eigenvalue weighted by molar-refractivity contribution is 5.94. The fourth-order valence-corrected chi connectivity index (χ4v) is 3.05. The molecule has 1 N–H and O–H groups in total. The monoisotopic (exact) mass is 356 g/mol. The third-order valence-electron chi connectivity index (χ3n) is 4.39. The molecule has 4 nitrogen and oxygen atoms in total. The second-order valence-corrected chi connectivity index (χ2v) is 6.27. The van der Waals surface area contributed by atoms with E-state index in [1.165, 1.54) is 10.9 Å². The Labute approximate surface area is 158 Å². The van der Waals surface area contributed by atoms with Gasteiger partial charge in [0.25, 0.3) is 5.91 Å². The Balaban J connectivity index is 1.37. The number of hydrogen-bond donors (Lipinski definition) is 1. The first-order valence-electron chi connectivity index (χ1n) is 8.95. The fourth-order valence-electron chi connectivity index (χ4n) is 3.05. The van der Waals surface area contributed by atoms with Crippen LogP contribution in [0, 0.1) is 0 Å². The highest BCUT2D eigenvalue weighted by atomic mass is 16.5. The van der Waals surface area contributed by atoms with Crippen molar-refractivity contribution in [3.05, 3.63) is 96.7 Å². The first-order chi connectivity index (χ1) is 13.3. The van der Waals surface area contributed by atoms with E-state index in [9.17, 15) is 4.79 Å². The van der Waals surface area contributed by atoms with Crippen LogP contribution in [0.15, 0.2) is 91.1 Å². The van der Waals surface area contributed by atoms with Gasteiger partial charge in [-0.05, 0) is 47.9 Å². The minimum atomic E-state index is -0.107. The lowest BCUT2D eigenvalue weighted by atomic mass is 10.2. The lowest BCUT2D eigenvalue weighted by Gasteiger charge is -2.09. The van der Waals surface area contributed by atoms with E-state index in [0.29, 0.717) is 17.9 Å². The third-order valence-corrected chi connectivity index (χ3v) is 4.39. The smallest absolute Gasteiger partial charge is 0.251 e. The van der Waals surface area contributed by atoms with Gasteiger partial charge in [0.1, 0.15) is 11.5 Å². The molecule has 1 heterocycles. The SMILES string of the molecule is O=C(NCCn1ccc2ccccc21)c1cccc(Oc2ccccc2)c1. The summed E-state index contributed by atoms with van der Waals surface area (Å²) in [6.07, 6.45) is 2.05. The molecule has 0 spiro atoms. The van der Waals surface area contributed by atoms with E-state index < -0.39 is 0 Å². The molecule has 4 heteroatoms. The number of para-hydroxylation sites is 2. The second kappa shape index (κ2) is 7.79. The van der Waals surface area contributed by atoms with Gasteiger partial charge in [-0.2, -0.15) is 0 Å². The average Bonchev–Trinajstić information content (AvgIpc) is 3.12. The molecular formula is C23H20N2O2. The molecular weight excluding hydrogens is 336 g/mol. The molecule has 0 atom stereocenters. The number of nitrogens with one attached hydrogen (secondary N) is 1. The summed E-state index contributed by atoms with van der Waals surface area (Å²) in [5.41, 5.74) is 1.76. The standard InChI is InChI=1S/C23H20N2O2/c26-23(24-14-16-25-15-13-18-7-4-5-12-22(18)25)19-8-6-11-21(17-19)27-20-9-2-1-3-10-20/h1-13,15,17H,14,16H2,(H,24,26). The van der Waals surface area contributed by atoms with Crippen LogP contribution in [0.25, 0.3) is 10.9 Å². The molecule has 0 aliphatic rings. The van der Waals surface area contributed by atoms with Gasteiger partial charge in [-0.3, -0.25) is 4.79 Å². The van der Waals surface area contributed by atoms with Gasteiger partial charge in [0.15, 0.2) is 0 Å². The predicted octanol–water partition coefficient (Wildman–Crippen LogP) is 4.86. The van der Waals surface area contributed by atoms with E-state index in [4.69, 9.17) is 4.74 Å². The normalized spacial score (nSPS) is 10.7. The Morgan fingerprint density at radius 1 is 0.852 bits per heavy atom. The molecule has 4 aromatic rings. The largest absolute Gasteiger partial charge is 0.457 e. The zero-order valence-corrected chi connectivity index (χ0v) is 14.8. The van der Waals surface area contributed by atoms with E-state index >= 15 is 0 Å². The average molecular weight is 356 g/mol. The summed E-state index contributed by atoms with van der Waals surface area (Å²) >= 11 is 0. The predicted molar refractivity (Wildman–Crippen MR) is 107 cm³/mol. The Bertz CT molecular complexity index is 1050. The molecule has 3 aromatic carbocycles. The van der Waals surface area contributed by atoms with E-state index in [1.54, 1.807) is 12.1 Å². The van der Waals surface area contributed by atoms with Gasteiger partial charge in [0, 0.05) is 30.4 Å². The zero-order chi connectivity index (χ0) is 18.5. The first-order valence-corrected chi connectivity index (χ1v) is 8.95. The van der Waals surface area contributed by atoms with Crippen molar-refractivity contribution in [1.82, 2.24) is 9.88 Å². The minimum absolute atomic E-state index is 0.107. The molecule has 0 aliphatic carbocycles. The topological polar surface area (TPSA) is 43.3 Å². The Morgan fingerprint density at radius 3 is 2.52 bits per heavy atom. The van der Waals surface area contributed by atoms with E-state index in [-0.39, 0.29) is 5.91 Å². The van der Waals surface area contributed by atoms with Gasteiger partial charge < -0.3 is 14.6 Å². The lowest BCUT2D eigenvalue weighted by Crippen LogP contribution is -2.27. The van der Waals surface area contributed by atoms with Gasteiger partial charge in [0.05, 0.1) is 0 Å². The van der Waals surface area contributed by atoms with Crippen molar-refractivity contribution in [2.45, 2.75) is 6.54 Å². The summed E-state index contributed by atoms with van der Waals surface area (Å²) in [5.74, 6) is 1.28. The summed E-state index contributed by atoms with van der Waals surface area (Å²) < 4.78 is 7.94. The molecule has 0 fully saturated rings. The Kier molecular flexibility index (Phi) is 4.88. The van der Waals surface area contributed by atoms with Crippen LogP contribution in [0.3, 0.4) is 0 Å². The quantitative estimate of drug-likeness (QED) is 0.536. The number of rotatable bonds is 6. The molecule has 134 valence electrons. The highest BCUT2D eigenvalue weighted by Gasteiger charge is 2.07. The molecule has 0 bridgehead atoms. The van der Waals surface area contributed by atoms with Crippen LogP contribution in [0.2, 0.25) is 0 Å². The summed E-state index contributed by atoms with van der Waals surface area (Å²) in [6.45, 7) is 1.28. The van der Waals surface area contributed by atoms with Gasteiger partial charge in [-0.15, -0.1) is 0 Å². The molecule has 1 aromatic heterocycles. The molecule has 27 heavy (non-hydrogen) atoms. The molecule has 0 aliphatic heterocycles. The maximum atomic E-state index is 12.5. The van der Waals surface area contributed by atoms with Crippen molar-refractivity contribution in [2.75, 3.05) is 6.54 Å². The van der Waals surface area contributed by atoms with Crippen LogP contribution in [0.5, 0.6) is 11.5 Å². The number of carbonyl (C=O) groups is 1. The van der Waals surface area contributed by atoms with Crippen molar-refractivity contribution in [2.24, 2.45) is 0 Å². The molecule has 4 rings (SSSR count). The van der Waals surface area contributed by atoms with Crippen LogP contribution in [0.1, 0.15) is 10.4 Å². The second-order valence-electron chi connectivity index (χ2n) is 6.27. The van der Waals surface area contributed by atoms with Crippen LogP contribution in [-0.4, -0.2) is 17.0 Å². The van der Waals surface area contributed by atoms with Crippen molar-refractivity contribution in [3.8, 4) is 11.5 Å². The lowest BCUT2D eigenvalue weighted by molar-refractivity contribution is 0.0952. The van der Waals surface area contributed by atoms with Gasteiger partial charge >= 0.3 is 0 Å². The molecule has 0 saturated heterocycles.